The van der Waals surface area contributed by atoms with Crippen molar-refractivity contribution in [3.05, 3.63) is 88.9 Å². The smallest absolute Gasteiger partial charge is 0.233 e. The average molecular weight is 454 g/mol. The third kappa shape index (κ3) is 3.82. The molecule has 28 heavy (non-hydrogen) atoms. The van der Waals surface area contributed by atoms with Gasteiger partial charge in [0.15, 0.2) is 0 Å². The minimum Gasteiger partial charge on any atom is -0.497 e. The third-order valence-electron chi connectivity index (χ3n) is 4.95. The van der Waals surface area contributed by atoms with Crippen LogP contribution in [-0.4, -0.2) is 18.8 Å². The van der Waals surface area contributed by atoms with Gasteiger partial charge in [0.05, 0.1) is 19.1 Å². The third-order valence-corrected chi connectivity index (χ3v) is 6.61. The molecule has 2 atom stereocenters. The highest BCUT2D eigenvalue weighted by molar-refractivity contribution is 9.10. The largest absolute Gasteiger partial charge is 0.497 e. The predicted octanol–water partition coefficient (Wildman–Crippen LogP) is 5.95. The maximum absolute atomic E-state index is 13.0. The summed E-state index contributed by atoms with van der Waals surface area (Å²) in [5, 5.41) is 0. The lowest BCUT2D eigenvalue weighted by Crippen LogP contribution is -2.56. The molecule has 1 fully saturated rings. The van der Waals surface area contributed by atoms with Crippen LogP contribution in [0.3, 0.4) is 0 Å². The van der Waals surface area contributed by atoms with Gasteiger partial charge in [-0.3, -0.25) is 4.79 Å². The number of rotatable bonds is 6. The van der Waals surface area contributed by atoms with Gasteiger partial charge in [0.2, 0.25) is 5.91 Å². The van der Waals surface area contributed by atoms with Crippen LogP contribution >= 0.6 is 27.7 Å². The van der Waals surface area contributed by atoms with Crippen LogP contribution in [0.2, 0.25) is 0 Å². The van der Waals surface area contributed by atoms with Gasteiger partial charge in [-0.15, -0.1) is 11.8 Å². The molecule has 1 aliphatic heterocycles. The van der Waals surface area contributed by atoms with Gasteiger partial charge < -0.3 is 9.64 Å². The SMILES string of the molecule is COc1ccc(N2C(=O)[C@@H](CSc3ccc(Br)cc3)[C@H]2c2ccccc2)cc1. The molecule has 1 heterocycles. The molecule has 3 aromatic rings. The van der Waals surface area contributed by atoms with Crippen molar-refractivity contribution >= 4 is 39.3 Å². The number of methoxy groups -OCH3 is 1. The van der Waals surface area contributed by atoms with Crippen molar-refractivity contribution in [3.8, 4) is 5.75 Å². The molecule has 0 aliphatic carbocycles. The highest BCUT2D eigenvalue weighted by Gasteiger charge is 2.48. The van der Waals surface area contributed by atoms with E-state index in [0.717, 1.165) is 21.7 Å². The van der Waals surface area contributed by atoms with Gasteiger partial charge in [-0.05, 0) is 54.1 Å². The van der Waals surface area contributed by atoms with E-state index in [1.54, 1.807) is 18.9 Å². The molecule has 4 rings (SSSR count). The van der Waals surface area contributed by atoms with Crippen molar-refractivity contribution in [3.63, 3.8) is 0 Å². The number of hydrogen-bond donors (Lipinski definition) is 0. The molecule has 1 aliphatic rings. The molecule has 0 aromatic heterocycles. The Kier molecular flexibility index (Phi) is 5.74. The summed E-state index contributed by atoms with van der Waals surface area (Å²) >= 11 is 5.20. The number of hydrogen-bond acceptors (Lipinski definition) is 3. The Bertz CT molecular complexity index is 945. The zero-order valence-corrected chi connectivity index (χ0v) is 17.8. The Morgan fingerprint density at radius 1 is 0.964 bits per heavy atom. The van der Waals surface area contributed by atoms with E-state index in [1.807, 2.05) is 59.5 Å². The number of benzene rings is 3. The molecule has 5 heteroatoms. The number of ether oxygens (including phenoxy) is 1. The lowest BCUT2D eigenvalue weighted by atomic mass is 9.83. The van der Waals surface area contributed by atoms with Gasteiger partial charge in [0, 0.05) is 20.8 Å². The molecule has 1 amide bonds. The van der Waals surface area contributed by atoms with Crippen molar-refractivity contribution in [1.29, 1.82) is 0 Å². The van der Waals surface area contributed by atoms with E-state index in [4.69, 9.17) is 4.74 Å². The summed E-state index contributed by atoms with van der Waals surface area (Å²) in [4.78, 5) is 16.1. The summed E-state index contributed by atoms with van der Waals surface area (Å²) in [6.07, 6.45) is 0. The normalized spacial score (nSPS) is 18.6. The van der Waals surface area contributed by atoms with Crippen LogP contribution < -0.4 is 9.64 Å². The van der Waals surface area contributed by atoms with Gasteiger partial charge in [0.25, 0.3) is 0 Å². The van der Waals surface area contributed by atoms with Crippen LogP contribution in [0.15, 0.2) is 88.2 Å². The fourth-order valence-corrected chi connectivity index (χ4v) is 4.78. The van der Waals surface area contributed by atoms with Gasteiger partial charge in [-0.25, -0.2) is 0 Å². The second-order valence-corrected chi connectivity index (χ2v) is 8.64. The molecule has 3 nitrogen and oxygen atoms in total. The zero-order valence-electron chi connectivity index (χ0n) is 15.4. The van der Waals surface area contributed by atoms with Gasteiger partial charge in [-0.1, -0.05) is 46.3 Å². The summed E-state index contributed by atoms with van der Waals surface area (Å²) < 4.78 is 6.31. The highest BCUT2D eigenvalue weighted by atomic mass is 79.9. The second kappa shape index (κ2) is 8.41. The van der Waals surface area contributed by atoms with E-state index in [9.17, 15) is 4.79 Å². The van der Waals surface area contributed by atoms with E-state index in [-0.39, 0.29) is 17.9 Å². The van der Waals surface area contributed by atoms with E-state index in [1.165, 1.54) is 10.5 Å². The summed E-state index contributed by atoms with van der Waals surface area (Å²) in [7, 11) is 1.64. The number of nitrogens with zero attached hydrogens (tertiary/aromatic N) is 1. The maximum atomic E-state index is 13.0. The number of anilines is 1. The van der Waals surface area contributed by atoms with Crippen molar-refractivity contribution in [2.75, 3.05) is 17.8 Å². The molecule has 142 valence electrons. The fraction of sp³-hybridized carbons (Fsp3) is 0.174. The quantitative estimate of drug-likeness (QED) is 0.340. The Morgan fingerprint density at radius 3 is 2.29 bits per heavy atom. The molecular weight excluding hydrogens is 434 g/mol. The number of carbonyl (C=O) groups is 1. The molecule has 0 radical (unpaired) electrons. The number of carbonyl (C=O) groups excluding carboxylic acids is 1. The standard InChI is InChI=1S/C23H20BrNO2S/c1-27-19-11-9-18(10-12-19)25-22(16-5-3-2-4-6-16)21(23(25)26)15-28-20-13-7-17(24)8-14-20/h2-14,21-22H,15H2,1H3/t21-,22+/m0/s1. The lowest BCUT2D eigenvalue weighted by Gasteiger charge is -2.47. The summed E-state index contributed by atoms with van der Waals surface area (Å²) in [6, 6.07) is 26.2. The monoisotopic (exact) mass is 453 g/mol. The van der Waals surface area contributed by atoms with E-state index >= 15 is 0 Å². The van der Waals surface area contributed by atoms with Crippen molar-refractivity contribution in [2.24, 2.45) is 5.92 Å². The van der Waals surface area contributed by atoms with E-state index in [2.05, 4.69) is 40.2 Å². The van der Waals surface area contributed by atoms with Crippen molar-refractivity contribution < 1.29 is 9.53 Å². The van der Waals surface area contributed by atoms with Gasteiger partial charge >= 0.3 is 0 Å². The first kappa shape index (κ1) is 19.1. The van der Waals surface area contributed by atoms with Crippen LogP contribution in [0.5, 0.6) is 5.75 Å². The summed E-state index contributed by atoms with van der Waals surface area (Å²) in [6.45, 7) is 0. The number of β-lactam (4-membered cyclic amide) rings is 1. The average Bonchev–Trinajstić information content (AvgIpc) is 2.74. The molecular formula is C23H20BrNO2S. The Balaban J connectivity index is 1.57. The topological polar surface area (TPSA) is 29.5 Å². The molecule has 0 bridgehead atoms. The van der Waals surface area contributed by atoms with Crippen LogP contribution in [-0.2, 0) is 4.79 Å². The van der Waals surface area contributed by atoms with Crippen molar-refractivity contribution in [2.45, 2.75) is 10.9 Å². The first-order valence-corrected chi connectivity index (χ1v) is 10.9. The first-order valence-electron chi connectivity index (χ1n) is 9.08. The number of amides is 1. The summed E-state index contributed by atoms with van der Waals surface area (Å²) in [5.41, 5.74) is 2.07. The van der Waals surface area contributed by atoms with Crippen LogP contribution in [0, 0.1) is 5.92 Å². The Morgan fingerprint density at radius 2 is 1.64 bits per heavy atom. The minimum atomic E-state index is -0.0434. The molecule has 0 spiro atoms. The minimum absolute atomic E-state index is 0.0434. The summed E-state index contributed by atoms with van der Waals surface area (Å²) in [5.74, 6) is 1.67. The Hall–Kier alpha value is -2.24. The molecule has 0 N–H and O–H groups in total. The number of halogens is 1. The molecule has 3 aromatic carbocycles. The van der Waals surface area contributed by atoms with E-state index in [0.29, 0.717) is 0 Å². The maximum Gasteiger partial charge on any atom is 0.233 e. The van der Waals surface area contributed by atoms with Crippen LogP contribution in [0.1, 0.15) is 11.6 Å². The first-order chi connectivity index (χ1) is 13.7. The molecule has 0 saturated carbocycles. The second-order valence-electron chi connectivity index (χ2n) is 6.63. The van der Waals surface area contributed by atoms with Gasteiger partial charge in [0.1, 0.15) is 5.75 Å². The van der Waals surface area contributed by atoms with Crippen LogP contribution in [0.25, 0.3) is 0 Å². The van der Waals surface area contributed by atoms with Crippen molar-refractivity contribution in [1.82, 2.24) is 0 Å². The Labute approximate surface area is 177 Å². The fourth-order valence-electron chi connectivity index (χ4n) is 3.49. The van der Waals surface area contributed by atoms with E-state index < -0.39 is 0 Å². The molecule has 1 saturated heterocycles. The predicted molar refractivity (Wildman–Crippen MR) is 118 cm³/mol. The number of thioether (sulfide) groups is 1. The molecule has 0 unspecified atom stereocenters. The lowest BCUT2D eigenvalue weighted by molar-refractivity contribution is -0.129. The van der Waals surface area contributed by atoms with Gasteiger partial charge in [-0.2, -0.15) is 0 Å². The van der Waals surface area contributed by atoms with Crippen LogP contribution in [0.4, 0.5) is 5.69 Å². The highest BCUT2D eigenvalue weighted by Crippen LogP contribution is 2.45. The zero-order chi connectivity index (χ0) is 19.5.